The molecule has 3 heterocycles. The van der Waals surface area contributed by atoms with Gasteiger partial charge in [0.15, 0.2) is 11.6 Å². The summed E-state index contributed by atoms with van der Waals surface area (Å²) in [7, 11) is 0. The maximum Gasteiger partial charge on any atom is 0.238 e. The number of benzene rings is 4. The van der Waals surface area contributed by atoms with Crippen molar-refractivity contribution in [3.8, 4) is 39.9 Å². The molecular weight excluding hydrogens is 587 g/mol. The number of para-hydroxylation sites is 2. The van der Waals surface area contributed by atoms with Gasteiger partial charge in [-0.05, 0) is 90.5 Å². The van der Waals surface area contributed by atoms with Crippen LogP contribution >= 0.6 is 0 Å². The molecule has 5 aliphatic rings. The summed E-state index contributed by atoms with van der Waals surface area (Å²) in [6.45, 7) is 0. The van der Waals surface area contributed by atoms with Crippen LogP contribution in [0.4, 0.5) is 0 Å². The van der Waals surface area contributed by atoms with Gasteiger partial charge >= 0.3 is 0 Å². The fourth-order valence-electron chi connectivity index (χ4n) is 11.9. The third-order valence-corrected chi connectivity index (χ3v) is 13.4. The van der Waals surface area contributed by atoms with E-state index in [2.05, 4.69) is 102 Å². The van der Waals surface area contributed by atoms with Crippen LogP contribution in [0.2, 0.25) is 0 Å². The van der Waals surface area contributed by atoms with Gasteiger partial charge in [-0.3, -0.25) is 9.55 Å². The molecule has 0 amide bonds. The second kappa shape index (κ2) is 8.84. The molecule has 5 nitrogen and oxygen atoms in total. The molecule has 12 rings (SSSR count). The Morgan fingerprint density at radius 3 is 2.10 bits per heavy atom. The molecule has 7 aromatic rings. The monoisotopic (exact) mass is 619 g/mol. The number of nitrogens with zero attached hydrogens (tertiary/aromatic N) is 5. The van der Waals surface area contributed by atoms with Crippen LogP contribution in [0.1, 0.15) is 43.4 Å². The molecule has 0 saturated heterocycles. The van der Waals surface area contributed by atoms with Crippen LogP contribution in [0.25, 0.3) is 61.7 Å². The van der Waals surface area contributed by atoms with Crippen molar-refractivity contribution >= 4 is 21.8 Å². The van der Waals surface area contributed by atoms with E-state index in [1.54, 1.807) is 0 Å². The number of aromatic nitrogens is 5. The molecule has 230 valence electrons. The maximum absolute atomic E-state index is 5.49. The summed E-state index contributed by atoms with van der Waals surface area (Å²) in [5, 5.41) is 2.37. The molecule has 4 aromatic carbocycles. The molecule has 4 saturated carbocycles. The maximum atomic E-state index is 5.49. The van der Waals surface area contributed by atoms with Gasteiger partial charge in [0.2, 0.25) is 5.95 Å². The largest absolute Gasteiger partial charge is 0.278 e. The number of hydrogen-bond acceptors (Lipinski definition) is 4. The summed E-state index contributed by atoms with van der Waals surface area (Å²) in [4.78, 5) is 21.0. The Hall–Kier alpha value is -5.16. The molecule has 6 unspecified atom stereocenters. The van der Waals surface area contributed by atoms with Crippen LogP contribution in [0.5, 0.6) is 0 Å². The molecule has 5 heteroatoms. The highest BCUT2D eigenvalue weighted by molar-refractivity contribution is 6.09. The summed E-state index contributed by atoms with van der Waals surface area (Å²) in [6, 6.07) is 38.9. The van der Waals surface area contributed by atoms with Crippen LogP contribution in [-0.2, 0) is 5.41 Å². The van der Waals surface area contributed by atoms with Gasteiger partial charge in [0.05, 0.1) is 16.7 Å². The van der Waals surface area contributed by atoms with Crippen LogP contribution in [0.3, 0.4) is 0 Å². The number of rotatable bonds is 3. The molecule has 0 aliphatic heterocycles. The van der Waals surface area contributed by atoms with E-state index in [1.165, 1.54) is 65.3 Å². The number of pyridine rings is 1. The molecule has 3 bridgehead atoms. The average Bonchev–Trinajstić information content (AvgIpc) is 3.74. The molecule has 0 radical (unpaired) electrons. The minimum absolute atomic E-state index is 0.0541. The van der Waals surface area contributed by atoms with Crippen molar-refractivity contribution in [1.29, 1.82) is 0 Å². The van der Waals surface area contributed by atoms with Crippen molar-refractivity contribution in [3.05, 3.63) is 127 Å². The van der Waals surface area contributed by atoms with E-state index in [0.29, 0.717) is 28.9 Å². The predicted molar refractivity (Wildman–Crippen MR) is 189 cm³/mol. The molecule has 48 heavy (non-hydrogen) atoms. The Labute approximate surface area is 278 Å². The van der Waals surface area contributed by atoms with Crippen LogP contribution in [0, 0.1) is 29.1 Å². The lowest BCUT2D eigenvalue weighted by atomic mass is 9.50. The van der Waals surface area contributed by atoms with E-state index in [9.17, 15) is 0 Å². The Balaban J connectivity index is 1.09. The zero-order valence-corrected chi connectivity index (χ0v) is 26.6. The molecule has 4 fully saturated rings. The van der Waals surface area contributed by atoms with Gasteiger partial charge in [-0.1, -0.05) is 91.0 Å². The third-order valence-electron chi connectivity index (χ3n) is 13.4. The van der Waals surface area contributed by atoms with Crippen molar-refractivity contribution in [3.63, 3.8) is 0 Å². The van der Waals surface area contributed by atoms with Crippen molar-refractivity contribution in [2.75, 3.05) is 0 Å². The minimum atomic E-state index is 0.0541. The van der Waals surface area contributed by atoms with Gasteiger partial charge in [-0.25, -0.2) is 4.98 Å². The Bertz CT molecular complexity index is 2450. The first-order chi connectivity index (χ1) is 23.7. The van der Waals surface area contributed by atoms with Gasteiger partial charge in [0.25, 0.3) is 0 Å². The minimum Gasteiger partial charge on any atom is -0.278 e. The fraction of sp³-hybridized carbons (Fsp3) is 0.256. The number of fused-ring (bicyclic) bond motifs is 12. The standard InChI is InChI=1S/C43H33N5/c1-2-10-26(11-3-1)39-45-40(47-41(46-39)48-35-16-8-5-13-31(35)32-14-6-9-17-36(32)48)27-20-33-30-12-4-7-15-34(30)43(38(33)44-24-27)29-19-25-18-28-21-37(43)42(28,22-25)23-29/h1-17,20,24-25,28-29,37H,18-19,21-23H2. The Morgan fingerprint density at radius 1 is 0.604 bits per heavy atom. The topological polar surface area (TPSA) is 56.5 Å². The zero-order chi connectivity index (χ0) is 31.2. The molecule has 5 aliphatic carbocycles. The fourth-order valence-corrected chi connectivity index (χ4v) is 11.9. The molecule has 6 atom stereocenters. The SMILES string of the molecule is c1ccc(-c2nc(-c3cnc4c(c3)-c3ccccc3C43C4CC5CC6CC3C6(C5)C4)nc(-n3c4ccccc4c4ccccc43)n2)cc1. The molecule has 3 aromatic heterocycles. The second-order valence-corrected chi connectivity index (χ2v) is 15.2. The van der Waals surface area contributed by atoms with Gasteiger partial charge in [-0.15, -0.1) is 0 Å². The van der Waals surface area contributed by atoms with Gasteiger partial charge in [0, 0.05) is 39.1 Å². The van der Waals surface area contributed by atoms with E-state index in [-0.39, 0.29) is 5.41 Å². The lowest BCUT2D eigenvalue weighted by molar-refractivity contribution is -0.0201. The summed E-state index contributed by atoms with van der Waals surface area (Å²) in [5.41, 5.74) is 10.2. The van der Waals surface area contributed by atoms with Crippen molar-refractivity contribution in [1.82, 2.24) is 24.5 Å². The highest BCUT2D eigenvalue weighted by Crippen LogP contribution is 2.83. The smallest absolute Gasteiger partial charge is 0.238 e. The summed E-state index contributed by atoms with van der Waals surface area (Å²) in [5.74, 6) is 5.20. The second-order valence-electron chi connectivity index (χ2n) is 15.2. The lowest BCUT2D eigenvalue weighted by Gasteiger charge is -2.54. The Morgan fingerprint density at radius 2 is 1.29 bits per heavy atom. The van der Waals surface area contributed by atoms with Crippen molar-refractivity contribution in [2.45, 2.75) is 37.5 Å². The van der Waals surface area contributed by atoms with Gasteiger partial charge in [0.1, 0.15) is 0 Å². The van der Waals surface area contributed by atoms with Crippen LogP contribution in [-0.4, -0.2) is 24.5 Å². The average molecular weight is 620 g/mol. The third kappa shape index (κ3) is 3.01. The molecule has 2 spiro atoms. The summed E-state index contributed by atoms with van der Waals surface area (Å²) in [6.07, 6.45) is 9.13. The van der Waals surface area contributed by atoms with E-state index in [0.717, 1.165) is 39.9 Å². The van der Waals surface area contributed by atoms with E-state index >= 15 is 0 Å². The number of hydrogen-bond donors (Lipinski definition) is 0. The first kappa shape index (κ1) is 25.9. The first-order valence-corrected chi connectivity index (χ1v) is 17.6. The molecular formula is C43H33N5. The van der Waals surface area contributed by atoms with Gasteiger partial charge < -0.3 is 0 Å². The van der Waals surface area contributed by atoms with Gasteiger partial charge in [-0.2, -0.15) is 9.97 Å². The summed E-state index contributed by atoms with van der Waals surface area (Å²) >= 11 is 0. The Kier molecular flexibility index (Phi) is 4.77. The quantitative estimate of drug-likeness (QED) is 0.198. The van der Waals surface area contributed by atoms with Crippen molar-refractivity contribution in [2.24, 2.45) is 29.1 Å². The van der Waals surface area contributed by atoms with Crippen LogP contribution < -0.4 is 0 Å². The van der Waals surface area contributed by atoms with E-state index in [1.807, 2.05) is 18.2 Å². The van der Waals surface area contributed by atoms with Crippen molar-refractivity contribution < 1.29 is 0 Å². The lowest BCUT2D eigenvalue weighted by Crippen LogP contribution is -2.50. The highest BCUT2D eigenvalue weighted by atomic mass is 15.2. The van der Waals surface area contributed by atoms with Crippen LogP contribution in [0.15, 0.2) is 115 Å². The summed E-state index contributed by atoms with van der Waals surface area (Å²) < 4.78 is 2.19. The zero-order valence-electron chi connectivity index (χ0n) is 26.6. The highest BCUT2D eigenvalue weighted by Gasteiger charge is 2.77. The van der Waals surface area contributed by atoms with E-state index < -0.39 is 0 Å². The van der Waals surface area contributed by atoms with E-state index in [4.69, 9.17) is 19.9 Å². The predicted octanol–water partition coefficient (Wildman–Crippen LogP) is 9.42. The first-order valence-electron chi connectivity index (χ1n) is 17.6. The molecule has 0 N–H and O–H groups in total. The normalized spacial score (nSPS) is 28.6.